The predicted octanol–water partition coefficient (Wildman–Crippen LogP) is 1.99. The Morgan fingerprint density at radius 1 is 1.38 bits per heavy atom. The van der Waals surface area contributed by atoms with Crippen molar-refractivity contribution in [2.45, 2.75) is 18.9 Å². The van der Waals surface area contributed by atoms with Gasteiger partial charge in [-0.15, -0.1) is 5.10 Å². The Morgan fingerprint density at radius 3 is 2.81 bits per heavy atom. The number of thioether (sulfide) groups is 1. The SMILES string of the molecule is CCN1C(=O)CSC1=NNC(=O)[C@](O)(c1ccccc1)C1C=CC=CC1. The molecule has 1 aromatic carbocycles. The molecule has 0 bridgehead atoms. The molecular weight excluding hydrogens is 350 g/mol. The standard InChI is InChI=1S/C19H21N3O3S/c1-2-22-16(23)13-26-18(22)21-20-17(24)19(25,14-9-5-3-6-10-14)15-11-7-4-8-12-15/h3-11,15,25H,2,12-13H2,1H3,(H,20,24)/t15?,19-/m0/s1. The van der Waals surface area contributed by atoms with Gasteiger partial charge in [0.25, 0.3) is 5.91 Å². The smallest absolute Gasteiger partial charge is 0.277 e. The molecule has 0 spiro atoms. The lowest BCUT2D eigenvalue weighted by Gasteiger charge is -2.33. The summed E-state index contributed by atoms with van der Waals surface area (Å²) in [6, 6.07) is 8.85. The first-order chi connectivity index (χ1) is 12.6. The Labute approximate surface area is 156 Å². The Bertz CT molecular complexity index is 775. The molecule has 6 nitrogen and oxygen atoms in total. The van der Waals surface area contributed by atoms with Gasteiger partial charge in [-0.25, -0.2) is 5.43 Å². The van der Waals surface area contributed by atoms with E-state index in [1.807, 2.05) is 37.3 Å². The van der Waals surface area contributed by atoms with E-state index in [2.05, 4.69) is 10.5 Å². The summed E-state index contributed by atoms with van der Waals surface area (Å²) in [6.07, 6.45) is 8.00. The van der Waals surface area contributed by atoms with Crippen LogP contribution in [0.4, 0.5) is 0 Å². The molecule has 1 fully saturated rings. The average Bonchev–Trinajstić information content (AvgIpc) is 3.06. The number of carbonyl (C=O) groups excluding carboxylic acids is 2. The van der Waals surface area contributed by atoms with Crippen LogP contribution >= 0.6 is 11.8 Å². The lowest BCUT2D eigenvalue weighted by Crippen LogP contribution is -2.48. The van der Waals surface area contributed by atoms with Crippen LogP contribution in [-0.4, -0.2) is 39.3 Å². The number of amidine groups is 1. The Morgan fingerprint density at radius 2 is 2.15 bits per heavy atom. The number of hydrazone groups is 1. The number of rotatable bonds is 5. The average molecular weight is 371 g/mol. The van der Waals surface area contributed by atoms with Crippen LogP contribution in [0.15, 0.2) is 59.7 Å². The van der Waals surface area contributed by atoms with Crippen molar-refractivity contribution in [3.8, 4) is 0 Å². The van der Waals surface area contributed by atoms with Gasteiger partial charge in [-0.3, -0.25) is 14.5 Å². The maximum Gasteiger partial charge on any atom is 0.277 e. The normalized spacial score (nSPS) is 23.3. The highest BCUT2D eigenvalue weighted by molar-refractivity contribution is 8.15. The van der Waals surface area contributed by atoms with Crippen molar-refractivity contribution in [3.63, 3.8) is 0 Å². The van der Waals surface area contributed by atoms with Crippen molar-refractivity contribution in [3.05, 3.63) is 60.2 Å². The molecule has 1 saturated heterocycles. The first-order valence-corrected chi connectivity index (χ1v) is 9.48. The summed E-state index contributed by atoms with van der Waals surface area (Å²) in [7, 11) is 0. The fourth-order valence-corrected chi connectivity index (χ4v) is 3.98. The highest BCUT2D eigenvalue weighted by atomic mass is 32.2. The van der Waals surface area contributed by atoms with Crippen LogP contribution in [0.2, 0.25) is 0 Å². The molecule has 0 aromatic heterocycles. The number of nitrogens with one attached hydrogen (secondary N) is 1. The van der Waals surface area contributed by atoms with Gasteiger partial charge in [-0.05, 0) is 18.9 Å². The van der Waals surface area contributed by atoms with Gasteiger partial charge in [0.2, 0.25) is 5.91 Å². The van der Waals surface area contributed by atoms with E-state index < -0.39 is 17.4 Å². The summed E-state index contributed by atoms with van der Waals surface area (Å²) < 4.78 is 0. The molecule has 2 atom stereocenters. The van der Waals surface area contributed by atoms with Crippen molar-refractivity contribution in [2.75, 3.05) is 12.3 Å². The molecule has 2 N–H and O–H groups in total. The van der Waals surface area contributed by atoms with Crippen LogP contribution in [-0.2, 0) is 15.2 Å². The van der Waals surface area contributed by atoms with Crippen molar-refractivity contribution < 1.29 is 14.7 Å². The molecular formula is C19H21N3O3S. The highest BCUT2D eigenvalue weighted by Gasteiger charge is 2.44. The van der Waals surface area contributed by atoms with Crippen LogP contribution in [0.25, 0.3) is 0 Å². The van der Waals surface area contributed by atoms with Crippen LogP contribution in [0, 0.1) is 5.92 Å². The third-order valence-corrected chi connectivity index (χ3v) is 5.46. The molecule has 7 heteroatoms. The van der Waals surface area contributed by atoms with Crippen molar-refractivity contribution >= 4 is 28.7 Å². The summed E-state index contributed by atoms with van der Waals surface area (Å²) in [4.78, 5) is 26.2. The third kappa shape index (κ3) is 3.45. The molecule has 2 amide bonds. The summed E-state index contributed by atoms with van der Waals surface area (Å²) >= 11 is 1.27. The number of aliphatic hydroxyl groups is 1. The highest BCUT2D eigenvalue weighted by Crippen LogP contribution is 2.35. The van der Waals surface area contributed by atoms with Gasteiger partial charge < -0.3 is 5.11 Å². The van der Waals surface area contributed by atoms with E-state index in [9.17, 15) is 14.7 Å². The molecule has 0 saturated carbocycles. The van der Waals surface area contributed by atoms with Crippen molar-refractivity contribution in [2.24, 2.45) is 11.0 Å². The zero-order chi connectivity index (χ0) is 18.6. The minimum atomic E-state index is -1.75. The lowest BCUT2D eigenvalue weighted by atomic mass is 9.77. The predicted molar refractivity (Wildman–Crippen MR) is 102 cm³/mol. The zero-order valence-corrected chi connectivity index (χ0v) is 15.3. The Balaban J connectivity index is 1.87. The molecule has 3 rings (SSSR count). The topological polar surface area (TPSA) is 82.0 Å². The lowest BCUT2D eigenvalue weighted by molar-refractivity contribution is -0.145. The first kappa shape index (κ1) is 18.4. The number of carbonyl (C=O) groups is 2. The second-order valence-corrected chi connectivity index (χ2v) is 6.99. The number of allylic oxidation sites excluding steroid dienone is 3. The van der Waals surface area contributed by atoms with E-state index in [1.165, 1.54) is 16.7 Å². The molecule has 26 heavy (non-hydrogen) atoms. The van der Waals surface area contributed by atoms with Crippen molar-refractivity contribution in [1.29, 1.82) is 0 Å². The van der Waals surface area contributed by atoms with E-state index in [0.717, 1.165) is 0 Å². The Kier molecular flexibility index (Phi) is 5.58. The van der Waals surface area contributed by atoms with E-state index in [1.54, 1.807) is 24.3 Å². The van der Waals surface area contributed by atoms with Gasteiger partial charge in [0, 0.05) is 12.5 Å². The van der Waals surface area contributed by atoms with Gasteiger partial charge in [0.15, 0.2) is 10.8 Å². The van der Waals surface area contributed by atoms with Crippen LogP contribution in [0.5, 0.6) is 0 Å². The van der Waals surface area contributed by atoms with E-state index in [-0.39, 0.29) is 5.91 Å². The molecule has 1 aliphatic carbocycles. The quantitative estimate of drug-likeness (QED) is 0.776. The van der Waals surface area contributed by atoms with Crippen LogP contribution in [0.3, 0.4) is 0 Å². The molecule has 1 aromatic rings. The second kappa shape index (κ2) is 7.88. The number of hydrogen-bond donors (Lipinski definition) is 2. The molecule has 2 aliphatic rings. The molecule has 1 heterocycles. The van der Waals surface area contributed by atoms with Gasteiger partial charge in [0.05, 0.1) is 5.75 Å². The van der Waals surface area contributed by atoms with Crippen LogP contribution < -0.4 is 5.43 Å². The van der Waals surface area contributed by atoms with Gasteiger partial charge >= 0.3 is 0 Å². The molecule has 1 unspecified atom stereocenters. The van der Waals surface area contributed by atoms with E-state index in [0.29, 0.717) is 29.4 Å². The summed E-state index contributed by atoms with van der Waals surface area (Å²) in [5.41, 5.74) is 1.22. The fourth-order valence-electron chi connectivity index (χ4n) is 3.07. The van der Waals surface area contributed by atoms with Gasteiger partial charge in [-0.1, -0.05) is 66.4 Å². The maximum absolute atomic E-state index is 13.0. The molecule has 1 aliphatic heterocycles. The summed E-state index contributed by atoms with van der Waals surface area (Å²) in [6.45, 7) is 2.33. The number of hydrogen-bond acceptors (Lipinski definition) is 5. The second-order valence-electron chi connectivity index (χ2n) is 6.05. The summed E-state index contributed by atoms with van der Waals surface area (Å²) in [5, 5.41) is 15.9. The largest absolute Gasteiger partial charge is 0.375 e. The van der Waals surface area contributed by atoms with Crippen LogP contribution in [0.1, 0.15) is 18.9 Å². The number of benzene rings is 1. The zero-order valence-electron chi connectivity index (χ0n) is 14.5. The van der Waals surface area contributed by atoms with Gasteiger partial charge in [0.1, 0.15) is 0 Å². The summed E-state index contributed by atoms with van der Waals surface area (Å²) in [5.74, 6) is -0.752. The minimum absolute atomic E-state index is 0.0378. The Hall–Kier alpha value is -2.38. The van der Waals surface area contributed by atoms with E-state index in [4.69, 9.17) is 0 Å². The minimum Gasteiger partial charge on any atom is -0.375 e. The fraction of sp³-hybridized carbons (Fsp3) is 0.316. The molecule has 136 valence electrons. The number of amides is 2. The maximum atomic E-state index is 13.0. The number of nitrogens with zero attached hydrogens (tertiary/aromatic N) is 2. The van der Waals surface area contributed by atoms with E-state index >= 15 is 0 Å². The van der Waals surface area contributed by atoms with Gasteiger partial charge in [-0.2, -0.15) is 0 Å². The monoisotopic (exact) mass is 371 g/mol. The third-order valence-electron chi connectivity index (χ3n) is 4.50. The van der Waals surface area contributed by atoms with Crippen molar-refractivity contribution in [1.82, 2.24) is 10.3 Å². The first-order valence-electron chi connectivity index (χ1n) is 8.50. The molecule has 0 radical (unpaired) electrons.